The molecule has 4 nitrogen and oxygen atoms in total. The number of aliphatic hydroxyl groups is 1. The van der Waals surface area contributed by atoms with Crippen LogP contribution >= 0.6 is 11.6 Å². The minimum atomic E-state index is -3.48. The van der Waals surface area contributed by atoms with Crippen LogP contribution in [0.5, 0.6) is 0 Å². The Morgan fingerprint density at radius 3 is 2.55 bits per heavy atom. The number of anilines is 1. The van der Waals surface area contributed by atoms with Crippen molar-refractivity contribution in [2.45, 2.75) is 20.8 Å². The maximum atomic E-state index is 12.1. The Morgan fingerprint density at radius 2 is 2.00 bits per heavy atom. The fourth-order valence-electron chi connectivity index (χ4n) is 1.62. The summed E-state index contributed by atoms with van der Waals surface area (Å²) < 4.78 is 26.7. The molecule has 0 saturated carbocycles. The van der Waals surface area contributed by atoms with Gasteiger partial charge in [-0.15, -0.1) is 0 Å². The zero-order valence-electron chi connectivity index (χ0n) is 11.7. The average Bonchev–Trinajstić information content (AvgIpc) is 2.26. The molecule has 2 N–H and O–H groups in total. The number of hydrogen-bond donors (Lipinski definition) is 2. The molecule has 110 valence electrons. The number of benzene rings is 1. The highest BCUT2D eigenvalue weighted by Gasteiger charge is 2.22. The van der Waals surface area contributed by atoms with Crippen molar-refractivity contribution in [2.24, 2.45) is 5.41 Å². The largest absolute Gasteiger partial charge is 0.384 e. The molecule has 1 aromatic rings. The first-order valence-corrected chi connectivity index (χ1v) is 8.06. The van der Waals surface area contributed by atoms with Crippen molar-refractivity contribution in [1.29, 1.82) is 0 Å². The van der Waals surface area contributed by atoms with Gasteiger partial charge in [-0.2, -0.15) is 0 Å². The number of rotatable bonds is 3. The normalized spacial score (nSPS) is 11.7. The molecule has 1 rings (SSSR count). The van der Waals surface area contributed by atoms with E-state index in [1.807, 2.05) is 20.8 Å². The Kier molecular flexibility index (Phi) is 5.46. The molecule has 0 unspecified atom stereocenters. The SMILES string of the molecule is CC(C)(C)CS(=O)(=O)Nc1ccc(Cl)cc1C#CCO. The molecule has 0 amide bonds. The molecule has 0 fully saturated rings. The van der Waals surface area contributed by atoms with Crippen LogP contribution in [0, 0.1) is 17.3 Å². The van der Waals surface area contributed by atoms with Crippen LogP contribution in [-0.2, 0) is 10.0 Å². The second-order valence-electron chi connectivity index (χ2n) is 5.57. The van der Waals surface area contributed by atoms with Gasteiger partial charge in [0.1, 0.15) is 6.61 Å². The van der Waals surface area contributed by atoms with Gasteiger partial charge in [-0.1, -0.05) is 44.2 Å². The highest BCUT2D eigenvalue weighted by molar-refractivity contribution is 7.92. The summed E-state index contributed by atoms with van der Waals surface area (Å²) in [6.07, 6.45) is 0. The Hall–Kier alpha value is -1.22. The van der Waals surface area contributed by atoms with E-state index in [4.69, 9.17) is 16.7 Å². The maximum absolute atomic E-state index is 12.1. The molecule has 0 heterocycles. The van der Waals surface area contributed by atoms with Crippen LogP contribution in [0.15, 0.2) is 18.2 Å². The highest BCUT2D eigenvalue weighted by atomic mass is 35.5. The number of nitrogens with one attached hydrogen (secondary N) is 1. The fraction of sp³-hybridized carbons (Fsp3) is 0.429. The first-order chi connectivity index (χ1) is 9.13. The number of sulfonamides is 1. The third-order valence-electron chi connectivity index (χ3n) is 2.17. The molecule has 1 aromatic carbocycles. The molecule has 0 atom stereocenters. The molecule has 0 spiro atoms. The van der Waals surface area contributed by atoms with Gasteiger partial charge in [0.15, 0.2) is 0 Å². The van der Waals surface area contributed by atoms with E-state index in [1.54, 1.807) is 18.2 Å². The number of hydrogen-bond acceptors (Lipinski definition) is 3. The zero-order valence-corrected chi connectivity index (χ0v) is 13.3. The van der Waals surface area contributed by atoms with E-state index >= 15 is 0 Å². The molecule has 0 aromatic heterocycles. The van der Waals surface area contributed by atoms with Crippen molar-refractivity contribution < 1.29 is 13.5 Å². The summed E-state index contributed by atoms with van der Waals surface area (Å²) in [6.45, 7) is 5.24. The van der Waals surface area contributed by atoms with Crippen LogP contribution in [0.3, 0.4) is 0 Å². The van der Waals surface area contributed by atoms with Crippen molar-refractivity contribution in [3.05, 3.63) is 28.8 Å². The Balaban J connectivity index is 3.09. The van der Waals surface area contributed by atoms with Crippen molar-refractivity contribution in [3.8, 4) is 11.8 Å². The van der Waals surface area contributed by atoms with Gasteiger partial charge in [-0.3, -0.25) is 4.72 Å². The van der Waals surface area contributed by atoms with Gasteiger partial charge in [-0.05, 0) is 23.6 Å². The minimum absolute atomic E-state index is 0.00447. The summed E-state index contributed by atoms with van der Waals surface area (Å²) in [5.41, 5.74) is 0.443. The van der Waals surface area contributed by atoms with E-state index in [0.717, 1.165) is 0 Å². The maximum Gasteiger partial charge on any atom is 0.233 e. The molecule has 0 bridgehead atoms. The van der Waals surface area contributed by atoms with E-state index in [-0.39, 0.29) is 17.8 Å². The van der Waals surface area contributed by atoms with E-state index < -0.39 is 10.0 Å². The smallest absolute Gasteiger partial charge is 0.233 e. The van der Waals surface area contributed by atoms with Crippen LogP contribution in [0.25, 0.3) is 0 Å². The van der Waals surface area contributed by atoms with E-state index in [1.165, 1.54) is 0 Å². The lowest BCUT2D eigenvalue weighted by atomic mass is 10.0. The summed E-state index contributed by atoms with van der Waals surface area (Å²) in [7, 11) is -3.48. The van der Waals surface area contributed by atoms with Crippen LogP contribution in [0.4, 0.5) is 5.69 Å². The van der Waals surface area contributed by atoms with Gasteiger partial charge in [0, 0.05) is 5.02 Å². The molecule has 0 aliphatic carbocycles. The quantitative estimate of drug-likeness (QED) is 0.842. The van der Waals surface area contributed by atoms with Crippen LogP contribution in [-0.4, -0.2) is 25.9 Å². The van der Waals surface area contributed by atoms with Crippen LogP contribution in [0.1, 0.15) is 26.3 Å². The third-order valence-corrected chi connectivity index (χ3v) is 4.18. The Labute approximate surface area is 125 Å². The topological polar surface area (TPSA) is 66.4 Å². The minimum Gasteiger partial charge on any atom is -0.384 e. The molecule has 20 heavy (non-hydrogen) atoms. The summed E-state index contributed by atoms with van der Waals surface area (Å²) in [4.78, 5) is 0. The van der Waals surface area contributed by atoms with Crippen LogP contribution < -0.4 is 4.72 Å². The monoisotopic (exact) mass is 315 g/mol. The first-order valence-electron chi connectivity index (χ1n) is 6.03. The van der Waals surface area contributed by atoms with Gasteiger partial charge in [0.2, 0.25) is 10.0 Å². The molecule has 6 heteroatoms. The van der Waals surface area contributed by atoms with Gasteiger partial charge < -0.3 is 5.11 Å². The van der Waals surface area contributed by atoms with Crippen molar-refractivity contribution in [2.75, 3.05) is 17.1 Å². The number of halogens is 1. The third kappa shape index (κ3) is 5.83. The second-order valence-corrected chi connectivity index (χ2v) is 7.73. The summed E-state index contributed by atoms with van der Waals surface area (Å²) in [5.74, 6) is 5.15. The molecule has 0 saturated heterocycles. The van der Waals surface area contributed by atoms with Gasteiger partial charge in [0.05, 0.1) is 17.0 Å². The van der Waals surface area contributed by atoms with Crippen molar-refractivity contribution >= 4 is 27.3 Å². The summed E-state index contributed by atoms with van der Waals surface area (Å²) in [5, 5.41) is 9.18. The molecular formula is C14H18ClNO3S. The predicted octanol–water partition coefficient (Wildman–Crippen LogP) is 2.47. The second kappa shape index (κ2) is 6.49. The lowest BCUT2D eigenvalue weighted by Crippen LogP contribution is -2.26. The average molecular weight is 316 g/mol. The molecule has 0 radical (unpaired) electrons. The lowest BCUT2D eigenvalue weighted by Gasteiger charge is -2.19. The highest BCUT2D eigenvalue weighted by Crippen LogP contribution is 2.23. The summed E-state index contributed by atoms with van der Waals surface area (Å²) in [6, 6.07) is 4.70. The van der Waals surface area contributed by atoms with Crippen molar-refractivity contribution in [1.82, 2.24) is 0 Å². The number of aliphatic hydroxyl groups excluding tert-OH is 1. The Morgan fingerprint density at radius 1 is 1.35 bits per heavy atom. The zero-order chi connectivity index (χ0) is 15.4. The van der Waals surface area contributed by atoms with E-state index in [0.29, 0.717) is 16.3 Å². The molecule has 0 aliphatic rings. The first kappa shape index (κ1) is 16.8. The standard InChI is InChI=1S/C14H18ClNO3S/c1-14(2,3)10-20(18,19)16-13-7-6-12(15)9-11(13)5-4-8-17/h6-7,9,16-17H,8,10H2,1-3H3. The van der Waals surface area contributed by atoms with Gasteiger partial charge in [0.25, 0.3) is 0 Å². The summed E-state index contributed by atoms with van der Waals surface area (Å²) >= 11 is 5.87. The molecule has 0 aliphatic heterocycles. The lowest BCUT2D eigenvalue weighted by molar-refractivity contribution is 0.350. The molecular weight excluding hydrogens is 298 g/mol. The Bertz CT molecular complexity index is 637. The van der Waals surface area contributed by atoms with Gasteiger partial charge >= 0.3 is 0 Å². The fourth-order valence-corrected chi connectivity index (χ4v) is 3.51. The van der Waals surface area contributed by atoms with E-state index in [2.05, 4.69) is 16.6 Å². The van der Waals surface area contributed by atoms with Crippen molar-refractivity contribution in [3.63, 3.8) is 0 Å². The van der Waals surface area contributed by atoms with Gasteiger partial charge in [-0.25, -0.2) is 8.42 Å². The predicted molar refractivity (Wildman–Crippen MR) is 82.3 cm³/mol. The van der Waals surface area contributed by atoms with E-state index in [9.17, 15) is 8.42 Å². The van der Waals surface area contributed by atoms with Crippen LogP contribution in [0.2, 0.25) is 5.02 Å².